The van der Waals surface area contributed by atoms with Crippen molar-refractivity contribution in [2.45, 2.75) is 30.0 Å². The number of alkyl halides is 5. The van der Waals surface area contributed by atoms with E-state index >= 15 is 0 Å². The van der Waals surface area contributed by atoms with Crippen LogP contribution in [0.3, 0.4) is 0 Å². The fourth-order valence-corrected chi connectivity index (χ4v) is 2.73. The van der Waals surface area contributed by atoms with Crippen LogP contribution in [-0.2, 0) is 12.7 Å². The van der Waals surface area contributed by atoms with Gasteiger partial charge in [-0.25, -0.2) is 8.78 Å². The van der Waals surface area contributed by atoms with Gasteiger partial charge in [0.25, 0.3) is 5.92 Å². The second-order valence-electron chi connectivity index (χ2n) is 4.87. The maximum absolute atomic E-state index is 13.1. The van der Waals surface area contributed by atoms with E-state index in [9.17, 15) is 22.0 Å². The predicted molar refractivity (Wildman–Crippen MR) is 67.8 cm³/mol. The van der Waals surface area contributed by atoms with Crippen molar-refractivity contribution < 1.29 is 22.0 Å². The van der Waals surface area contributed by atoms with Crippen LogP contribution in [0.15, 0.2) is 23.1 Å². The summed E-state index contributed by atoms with van der Waals surface area (Å²) in [5, 5.41) is 10.3. The third-order valence-electron chi connectivity index (χ3n) is 3.11. The fourth-order valence-electron chi connectivity index (χ4n) is 2.23. The SMILES string of the molecule is N#CSc1cc(CN2CCC(F)(F)C2)cc(C(F)(F)F)c1. The standard InChI is InChI=1S/C13H11F5N2S/c14-12(15)1-2-20(7-12)6-9-3-10(13(16,17)18)5-11(4-9)21-8-19/h3-5H,1-2,6-7H2. The lowest BCUT2D eigenvalue weighted by Gasteiger charge is -2.17. The summed E-state index contributed by atoms with van der Waals surface area (Å²) in [7, 11) is 0. The summed E-state index contributed by atoms with van der Waals surface area (Å²) < 4.78 is 64.6. The van der Waals surface area contributed by atoms with Crippen molar-refractivity contribution in [3.05, 3.63) is 29.3 Å². The van der Waals surface area contributed by atoms with Crippen molar-refractivity contribution in [2.24, 2.45) is 0 Å². The number of hydrogen-bond donors (Lipinski definition) is 0. The van der Waals surface area contributed by atoms with Gasteiger partial charge < -0.3 is 0 Å². The van der Waals surface area contributed by atoms with Gasteiger partial charge in [-0.3, -0.25) is 4.90 Å². The van der Waals surface area contributed by atoms with Crippen LogP contribution >= 0.6 is 11.8 Å². The fraction of sp³-hybridized carbons (Fsp3) is 0.462. The largest absolute Gasteiger partial charge is 0.416 e. The number of rotatable bonds is 3. The Hall–Kier alpha value is -1.33. The summed E-state index contributed by atoms with van der Waals surface area (Å²) in [6, 6.07) is 3.26. The minimum atomic E-state index is -4.53. The van der Waals surface area contributed by atoms with Crippen molar-refractivity contribution in [2.75, 3.05) is 13.1 Å². The van der Waals surface area contributed by atoms with Gasteiger partial charge >= 0.3 is 6.18 Å². The average Bonchev–Trinajstić information content (AvgIpc) is 2.67. The molecule has 1 aliphatic heterocycles. The van der Waals surface area contributed by atoms with Gasteiger partial charge in [0.1, 0.15) is 5.40 Å². The normalized spacial score (nSPS) is 18.7. The van der Waals surface area contributed by atoms with Crippen molar-refractivity contribution in [1.29, 1.82) is 5.26 Å². The minimum absolute atomic E-state index is 0.0124. The van der Waals surface area contributed by atoms with Crippen LogP contribution in [-0.4, -0.2) is 23.9 Å². The molecule has 1 aromatic rings. The zero-order valence-corrected chi connectivity index (χ0v) is 11.6. The summed E-state index contributed by atoms with van der Waals surface area (Å²) in [4.78, 5) is 1.57. The molecule has 0 spiro atoms. The summed E-state index contributed by atoms with van der Waals surface area (Å²) in [6.45, 7) is -0.299. The molecular formula is C13H11F5N2S. The monoisotopic (exact) mass is 322 g/mol. The van der Waals surface area contributed by atoms with Gasteiger partial charge in [0.05, 0.1) is 12.1 Å². The Kier molecular flexibility index (Phi) is 4.44. The molecule has 0 amide bonds. The van der Waals surface area contributed by atoms with Gasteiger partial charge in [-0.15, -0.1) is 0 Å². The van der Waals surface area contributed by atoms with E-state index in [1.54, 1.807) is 5.40 Å². The molecule has 0 aliphatic carbocycles. The van der Waals surface area contributed by atoms with Crippen molar-refractivity contribution in [1.82, 2.24) is 4.90 Å². The minimum Gasteiger partial charge on any atom is -0.293 e. The number of hydrogen-bond acceptors (Lipinski definition) is 3. The number of benzene rings is 1. The number of halogens is 5. The molecule has 1 aromatic carbocycles. The maximum atomic E-state index is 13.1. The molecular weight excluding hydrogens is 311 g/mol. The molecule has 1 aliphatic rings. The second-order valence-corrected chi connectivity index (χ2v) is 5.73. The molecule has 1 saturated heterocycles. The lowest BCUT2D eigenvalue weighted by molar-refractivity contribution is -0.137. The Morgan fingerprint density at radius 2 is 2.00 bits per heavy atom. The number of thioether (sulfide) groups is 1. The topological polar surface area (TPSA) is 27.0 Å². The highest BCUT2D eigenvalue weighted by Crippen LogP contribution is 2.34. The van der Waals surface area contributed by atoms with Crippen molar-refractivity contribution in [3.8, 4) is 5.40 Å². The van der Waals surface area contributed by atoms with Gasteiger partial charge in [-0.1, -0.05) is 0 Å². The highest BCUT2D eigenvalue weighted by molar-refractivity contribution is 8.03. The molecule has 0 saturated carbocycles. The Morgan fingerprint density at radius 3 is 2.52 bits per heavy atom. The van der Waals surface area contributed by atoms with E-state index in [0.29, 0.717) is 11.8 Å². The van der Waals surface area contributed by atoms with E-state index in [0.717, 1.165) is 12.1 Å². The van der Waals surface area contributed by atoms with Gasteiger partial charge in [-0.05, 0) is 35.5 Å². The van der Waals surface area contributed by atoms with E-state index < -0.39 is 24.2 Å². The third kappa shape index (κ3) is 4.32. The first kappa shape index (κ1) is 16.0. The van der Waals surface area contributed by atoms with E-state index in [1.165, 1.54) is 11.0 Å². The zero-order chi connectivity index (χ0) is 15.7. The molecule has 2 rings (SSSR count). The number of nitrogens with zero attached hydrogens (tertiary/aromatic N) is 2. The van der Waals surface area contributed by atoms with Crippen LogP contribution in [0.2, 0.25) is 0 Å². The van der Waals surface area contributed by atoms with E-state index in [4.69, 9.17) is 5.26 Å². The molecule has 0 N–H and O–H groups in total. The summed E-state index contributed by atoms with van der Waals surface area (Å²) in [6.07, 6.45) is -4.82. The van der Waals surface area contributed by atoms with Crippen LogP contribution < -0.4 is 0 Å². The van der Waals surface area contributed by atoms with Gasteiger partial charge in [0.2, 0.25) is 0 Å². The molecule has 21 heavy (non-hydrogen) atoms. The van der Waals surface area contributed by atoms with Crippen LogP contribution in [0.25, 0.3) is 0 Å². The molecule has 0 unspecified atom stereocenters. The lowest BCUT2D eigenvalue weighted by Crippen LogP contribution is -2.25. The summed E-state index contributed by atoms with van der Waals surface area (Å²) in [5.41, 5.74) is -0.594. The first-order chi connectivity index (χ1) is 9.69. The molecule has 1 fully saturated rings. The highest BCUT2D eigenvalue weighted by atomic mass is 32.2. The molecule has 2 nitrogen and oxygen atoms in total. The van der Waals surface area contributed by atoms with Crippen LogP contribution in [0, 0.1) is 10.7 Å². The van der Waals surface area contributed by atoms with Gasteiger partial charge in [-0.2, -0.15) is 18.4 Å². The smallest absolute Gasteiger partial charge is 0.293 e. The van der Waals surface area contributed by atoms with Crippen LogP contribution in [0.4, 0.5) is 22.0 Å². The quantitative estimate of drug-likeness (QED) is 0.476. The first-order valence-electron chi connectivity index (χ1n) is 6.07. The number of likely N-dealkylation sites (tertiary alicyclic amines) is 1. The first-order valence-corrected chi connectivity index (χ1v) is 6.88. The van der Waals surface area contributed by atoms with Gasteiger partial charge in [0, 0.05) is 24.4 Å². The van der Waals surface area contributed by atoms with Crippen molar-refractivity contribution >= 4 is 11.8 Å². The van der Waals surface area contributed by atoms with Crippen molar-refractivity contribution in [3.63, 3.8) is 0 Å². The predicted octanol–water partition coefficient (Wildman–Crippen LogP) is 4.12. The van der Waals surface area contributed by atoms with E-state index in [1.807, 2.05) is 0 Å². The average molecular weight is 322 g/mol. The molecule has 8 heteroatoms. The highest BCUT2D eigenvalue weighted by Gasteiger charge is 2.38. The number of thiocyanates is 1. The zero-order valence-electron chi connectivity index (χ0n) is 10.8. The molecule has 1 heterocycles. The van der Waals surface area contributed by atoms with Gasteiger partial charge in [0.15, 0.2) is 0 Å². The molecule has 0 atom stereocenters. The Labute approximate surface area is 122 Å². The Bertz CT molecular complexity index is 565. The second kappa shape index (κ2) is 5.81. The molecule has 0 bridgehead atoms. The number of nitriles is 1. The Morgan fingerprint density at radius 1 is 1.29 bits per heavy atom. The van der Waals surface area contributed by atoms with E-state index in [-0.39, 0.29) is 30.0 Å². The van der Waals surface area contributed by atoms with E-state index in [2.05, 4.69) is 0 Å². The summed E-state index contributed by atoms with van der Waals surface area (Å²) >= 11 is 0.616. The van der Waals surface area contributed by atoms with Crippen LogP contribution in [0.1, 0.15) is 17.5 Å². The van der Waals surface area contributed by atoms with Crippen LogP contribution in [0.5, 0.6) is 0 Å². The molecule has 0 radical (unpaired) electrons. The Balaban J connectivity index is 2.23. The summed E-state index contributed by atoms with van der Waals surface area (Å²) in [5.74, 6) is -2.79. The lowest BCUT2D eigenvalue weighted by atomic mass is 10.1. The molecule has 0 aromatic heterocycles. The maximum Gasteiger partial charge on any atom is 0.416 e. The third-order valence-corrected chi connectivity index (χ3v) is 3.67. The molecule has 114 valence electrons.